The normalized spacial score (nSPS) is 11.9. The number of rotatable bonds is 4. The molecule has 1 heterocycles. The van der Waals surface area contributed by atoms with Gasteiger partial charge in [-0.3, -0.25) is 9.78 Å². The van der Waals surface area contributed by atoms with Crippen LogP contribution in [0, 0.1) is 5.82 Å². The first kappa shape index (κ1) is 14.2. The Kier molecular flexibility index (Phi) is 4.45. The number of carbonyl (C=O) groups is 1. The fraction of sp³-hybridized carbons (Fsp3) is 0.250. The maximum absolute atomic E-state index is 12.9. The van der Waals surface area contributed by atoms with Gasteiger partial charge < -0.3 is 5.32 Å². The Hall–Kier alpha value is -2.23. The van der Waals surface area contributed by atoms with Crippen LogP contribution in [-0.2, 0) is 0 Å². The number of hydrogen-bond acceptors (Lipinski definition) is 2. The van der Waals surface area contributed by atoms with Crippen molar-refractivity contribution in [2.75, 3.05) is 0 Å². The number of aromatic nitrogens is 1. The summed E-state index contributed by atoms with van der Waals surface area (Å²) in [5.41, 5.74) is 2.06. The van der Waals surface area contributed by atoms with Crippen LogP contribution in [0.25, 0.3) is 11.3 Å². The summed E-state index contributed by atoms with van der Waals surface area (Å²) in [4.78, 5) is 16.2. The predicted octanol–water partition coefficient (Wildman–Crippen LogP) is 3.42. The quantitative estimate of drug-likeness (QED) is 0.926. The van der Waals surface area contributed by atoms with Gasteiger partial charge in [-0.25, -0.2) is 4.39 Å². The maximum atomic E-state index is 12.9. The summed E-state index contributed by atoms with van der Waals surface area (Å²) in [6, 6.07) is 9.73. The molecule has 0 saturated carbocycles. The van der Waals surface area contributed by atoms with E-state index in [0.29, 0.717) is 11.3 Å². The highest BCUT2D eigenvalue weighted by molar-refractivity contribution is 5.94. The number of amides is 1. The Balaban J connectivity index is 2.14. The molecule has 1 amide bonds. The Bertz CT molecular complexity index is 578. The van der Waals surface area contributed by atoms with Crippen LogP contribution < -0.4 is 5.32 Å². The van der Waals surface area contributed by atoms with Gasteiger partial charge >= 0.3 is 0 Å². The number of nitrogens with zero attached hydrogens (tertiary/aromatic N) is 1. The van der Waals surface area contributed by atoms with E-state index in [1.807, 2.05) is 13.8 Å². The van der Waals surface area contributed by atoms with Crippen LogP contribution in [0.15, 0.2) is 42.6 Å². The van der Waals surface area contributed by atoms with Crippen molar-refractivity contribution >= 4 is 5.91 Å². The SMILES string of the molecule is CC[C@@H](C)NC(=O)c1ccc(-c2ccc(F)cc2)nc1. The molecule has 0 saturated heterocycles. The molecule has 2 rings (SSSR count). The van der Waals surface area contributed by atoms with Crippen molar-refractivity contribution in [2.45, 2.75) is 26.3 Å². The van der Waals surface area contributed by atoms with Gasteiger partial charge in [-0.2, -0.15) is 0 Å². The second-order valence-electron chi connectivity index (χ2n) is 4.72. The van der Waals surface area contributed by atoms with Crippen molar-refractivity contribution in [2.24, 2.45) is 0 Å². The molecule has 0 spiro atoms. The lowest BCUT2D eigenvalue weighted by Gasteiger charge is -2.11. The zero-order valence-electron chi connectivity index (χ0n) is 11.6. The van der Waals surface area contributed by atoms with Crippen molar-refractivity contribution < 1.29 is 9.18 Å². The molecule has 0 aliphatic rings. The topological polar surface area (TPSA) is 42.0 Å². The summed E-state index contributed by atoms with van der Waals surface area (Å²) in [7, 11) is 0. The van der Waals surface area contributed by atoms with Crippen molar-refractivity contribution in [1.82, 2.24) is 10.3 Å². The van der Waals surface area contributed by atoms with Gasteiger partial charge in [0.2, 0.25) is 0 Å². The van der Waals surface area contributed by atoms with Crippen LogP contribution in [0.1, 0.15) is 30.6 Å². The molecule has 0 aliphatic heterocycles. The molecule has 0 unspecified atom stereocenters. The molecule has 3 nitrogen and oxygen atoms in total. The van der Waals surface area contributed by atoms with Crippen molar-refractivity contribution in [1.29, 1.82) is 0 Å². The van der Waals surface area contributed by atoms with Crippen LogP contribution in [0.2, 0.25) is 0 Å². The first-order chi connectivity index (χ1) is 9.60. The average Bonchev–Trinajstić information content (AvgIpc) is 2.48. The number of pyridine rings is 1. The van der Waals surface area contributed by atoms with E-state index in [9.17, 15) is 9.18 Å². The largest absolute Gasteiger partial charge is 0.350 e. The van der Waals surface area contributed by atoms with Crippen molar-refractivity contribution in [3.63, 3.8) is 0 Å². The molecule has 1 atom stereocenters. The highest BCUT2D eigenvalue weighted by Crippen LogP contribution is 2.17. The molecule has 0 fully saturated rings. The molecular weight excluding hydrogens is 255 g/mol. The van der Waals surface area contributed by atoms with Crippen molar-refractivity contribution in [3.8, 4) is 11.3 Å². The van der Waals surface area contributed by atoms with Crippen LogP contribution in [0.5, 0.6) is 0 Å². The van der Waals surface area contributed by atoms with E-state index in [2.05, 4.69) is 10.3 Å². The number of benzene rings is 1. The van der Waals surface area contributed by atoms with E-state index in [1.165, 1.54) is 18.3 Å². The van der Waals surface area contributed by atoms with Gasteiger partial charge in [-0.05, 0) is 49.7 Å². The van der Waals surface area contributed by atoms with Gasteiger partial charge in [0.05, 0.1) is 11.3 Å². The van der Waals surface area contributed by atoms with Gasteiger partial charge in [0, 0.05) is 17.8 Å². The third-order valence-electron chi connectivity index (χ3n) is 3.16. The van der Waals surface area contributed by atoms with E-state index in [4.69, 9.17) is 0 Å². The maximum Gasteiger partial charge on any atom is 0.253 e. The highest BCUT2D eigenvalue weighted by Gasteiger charge is 2.09. The Labute approximate surface area is 117 Å². The summed E-state index contributed by atoms with van der Waals surface area (Å²) in [6.45, 7) is 3.97. The van der Waals surface area contributed by atoms with E-state index >= 15 is 0 Å². The molecule has 0 bridgehead atoms. The first-order valence-electron chi connectivity index (χ1n) is 6.63. The molecule has 2 aromatic rings. The van der Waals surface area contributed by atoms with E-state index < -0.39 is 0 Å². The lowest BCUT2D eigenvalue weighted by atomic mass is 10.1. The molecule has 0 radical (unpaired) electrons. The second kappa shape index (κ2) is 6.28. The highest BCUT2D eigenvalue weighted by atomic mass is 19.1. The summed E-state index contributed by atoms with van der Waals surface area (Å²) in [6.07, 6.45) is 2.42. The molecule has 4 heteroatoms. The summed E-state index contributed by atoms with van der Waals surface area (Å²) in [5.74, 6) is -0.407. The summed E-state index contributed by atoms with van der Waals surface area (Å²) >= 11 is 0. The van der Waals surface area contributed by atoms with Gasteiger partial charge in [0.1, 0.15) is 5.82 Å². The predicted molar refractivity (Wildman–Crippen MR) is 76.9 cm³/mol. The number of nitrogens with one attached hydrogen (secondary N) is 1. The zero-order chi connectivity index (χ0) is 14.5. The second-order valence-corrected chi connectivity index (χ2v) is 4.72. The van der Waals surface area contributed by atoms with Crippen LogP contribution >= 0.6 is 0 Å². The fourth-order valence-electron chi connectivity index (χ4n) is 1.73. The lowest BCUT2D eigenvalue weighted by molar-refractivity contribution is 0.0939. The standard InChI is InChI=1S/C16H17FN2O/c1-3-11(2)19-16(20)13-6-9-15(18-10-13)12-4-7-14(17)8-5-12/h4-11H,3H2,1-2H3,(H,19,20)/t11-/m1/s1. The van der Waals surface area contributed by atoms with Crippen LogP contribution in [-0.4, -0.2) is 16.9 Å². The fourth-order valence-corrected chi connectivity index (χ4v) is 1.73. The third-order valence-corrected chi connectivity index (χ3v) is 3.16. The summed E-state index contributed by atoms with van der Waals surface area (Å²) < 4.78 is 12.9. The van der Waals surface area contributed by atoms with Crippen LogP contribution in [0.3, 0.4) is 0 Å². The van der Waals surface area contributed by atoms with Gasteiger partial charge in [0.15, 0.2) is 0 Å². The smallest absolute Gasteiger partial charge is 0.253 e. The summed E-state index contributed by atoms with van der Waals surface area (Å²) in [5, 5.41) is 2.88. The minimum Gasteiger partial charge on any atom is -0.350 e. The Morgan fingerprint density at radius 3 is 2.50 bits per heavy atom. The van der Waals surface area contributed by atoms with Gasteiger partial charge in [0.25, 0.3) is 5.91 Å². The lowest BCUT2D eigenvalue weighted by Crippen LogP contribution is -2.31. The number of carbonyl (C=O) groups excluding carboxylic acids is 1. The molecule has 20 heavy (non-hydrogen) atoms. The van der Waals surface area contributed by atoms with E-state index in [-0.39, 0.29) is 17.8 Å². The van der Waals surface area contributed by atoms with Crippen molar-refractivity contribution in [3.05, 3.63) is 54.0 Å². The van der Waals surface area contributed by atoms with Gasteiger partial charge in [-0.15, -0.1) is 0 Å². The minimum absolute atomic E-state index is 0.127. The molecule has 1 aromatic heterocycles. The van der Waals surface area contributed by atoms with Gasteiger partial charge in [-0.1, -0.05) is 6.92 Å². The zero-order valence-corrected chi connectivity index (χ0v) is 11.6. The third kappa shape index (κ3) is 3.41. The molecule has 0 aliphatic carbocycles. The minimum atomic E-state index is -0.279. The Morgan fingerprint density at radius 1 is 1.25 bits per heavy atom. The molecular formula is C16H17FN2O. The van der Waals surface area contributed by atoms with Crippen LogP contribution in [0.4, 0.5) is 4.39 Å². The average molecular weight is 272 g/mol. The number of halogens is 1. The molecule has 1 aromatic carbocycles. The van der Waals surface area contributed by atoms with E-state index in [1.54, 1.807) is 24.3 Å². The first-order valence-corrected chi connectivity index (χ1v) is 6.63. The molecule has 104 valence electrons. The number of hydrogen-bond donors (Lipinski definition) is 1. The van der Waals surface area contributed by atoms with E-state index in [0.717, 1.165) is 12.0 Å². The molecule has 1 N–H and O–H groups in total. The Morgan fingerprint density at radius 2 is 1.95 bits per heavy atom. The monoisotopic (exact) mass is 272 g/mol.